The predicted molar refractivity (Wildman–Crippen MR) is 111 cm³/mol. The van der Waals surface area contributed by atoms with Gasteiger partial charge in [0, 0.05) is 28.7 Å². The molecule has 0 spiro atoms. The number of thioether (sulfide) groups is 1. The first-order valence-corrected chi connectivity index (χ1v) is 9.73. The third-order valence-electron chi connectivity index (χ3n) is 4.20. The Balaban J connectivity index is 1.87. The summed E-state index contributed by atoms with van der Waals surface area (Å²) in [5.41, 5.74) is 12.4. The summed E-state index contributed by atoms with van der Waals surface area (Å²) in [6.07, 6.45) is 0. The highest BCUT2D eigenvalue weighted by Gasteiger charge is 2.27. The van der Waals surface area contributed by atoms with Crippen molar-refractivity contribution in [1.82, 2.24) is 10.3 Å². The van der Waals surface area contributed by atoms with Crippen LogP contribution in [0.3, 0.4) is 0 Å². The first-order chi connectivity index (χ1) is 12.9. The molecule has 142 valence electrons. The van der Waals surface area contributed by atoms with Crippen LogP contribution in [0.5, 0.6) is 0 Å². The summed E-state index contributed by atoms with van der Waals surface area (Å²) < 4.78 is 13.8. The molecule has 1 aliphatic rings. The van der Waals surface area contributed by atoms with Crippen molar-refractivity contribution in [2.45, 2.75) is 11.8 Å². The molecule has 2 aromatic rings. The number of guanidine groups is 1. The van der Waals surface area contributed by atoms with Gasteiger partial charge in [-0.3, -0.25) is 0 Å². The van der Waals surface area contributed by atoms with E-state index in [4.69, 9.17) is 5.73 Å². The van der Waals surface area contributed by atoms with Crippen LogP contribution in [-0.2, 0) is 0 Å². The minimum absolute atomic E-state index is 0.166. The fraction of sp³-hybridized carbons (Fsp3) is 0.300. The molecule has 0 amide bonds. The maximum Gasteiger partial charge on any atom is 0.214 e. The zero-order valence-electron chi connectivity index (χ0n) is 15.7. The average Bonchev–Trinajstić information content (AvgIpc) is 2.62. The van der Waals surface area contributed by atoms with E-state index in [9.17, 15) is 4.39 Å². The first kappa shape index (κ1) is 19.4. The van der Waals surface area contributed by atoms with Crippen LogP contribution in [0, 0.1) is 18.7 Å². The predicted octanol–water partition coefficient (Wildman–Crippen LogP) is 3.36. The Bertz CT molecular complexity index is 861. The minimum Gasteiger partial charge on any atom is -0.368 e. The SMILES string of the molecule is Cc1ccc(N=C(N)N/N=C2/c3cc(F)ccc3SCC2CN(C)C)cc1. The molecule has 1 unspecified atom stereocenters. The summed E-state index contributed by atoms with van der Waals surface area (Å²) in [5, 5.41) is 4.52. The number of nitrogens with zero attached hydrogens (tertiary/aromatic N) is 3. The molecule has 0 aromatic heterocycles. The number of fused-ring (bicyclic) bond motifs is 1. The molecule has 0 saturated carbocycles. The highest BCUT2D eigenvalue weighted by Crippen LogP contribution is 2.34. The van der Waals surface area contributed by atoms with Crippen LogP contribution in [-0.4, -0.2) is 43.0 Å². The molecule has 5 nitrogen and oxygen atoms in total. The largest absolute Gasteiger partial charge is 0.368 e. The van der Waals surface area contributed by atoms with Gasteiger partial charge in [0.2, 0.25) is 5.96 Å². The number of nitrogens with two attached hydrogens (primary N) is 1. The Labute approximate surface area is 163 Å². The number of halogens is 1. The first-order valence-electron chi connectivity index (χ1n) is 8.74. The second-order valence-electron chi connectivity index (χ2n) is 6.85. The normalized spacial score (nSPS) is 18.6. The Morgan fingerprint density at radius 3 is 2.70 bits per heavy atom. The van der Waals surface area contributed by atoms with Gasteiger partial charge in [0.1, 0.15) is 5.82 Å². The van der Waals surface area contributed by atoms with Crippen LogP contribution in [0.1, 0.15) is 11.1 Å². The van der Waals surface area contributed by atoms with Gasteiger partial charge in [-0.25, -0.2) is 14.8 Å². The van der Waals surface area contributed by atoms with E-state index >= 15 is 0 Å². The fourth-order valence-electron chi connectivity index (χ4n) is 2.95. The van der Waals surface area contributed by atoms with E-state index in [1.807, 2.05) is 45.3 Å². The van der Waals surface area contributed by atoms with Gasteiger partial charge < -0.3 is 10.6 Å². The van der Waals surface area contributed by atoms with Gasteiger partial charge in [-0.2, -0.15) is 5.10 Å². The van der Waals surface area contributed by atoms with Crippen molar-refractivity contribution in [3.05, 3.63) is 59.4 Å². The second-order valence-corrected chi connectivity index (χ2v) is 7.91. The van der Waals surface area contributed by atoms with Crippen molar-refractivity contribution >= 4 is 29.1 Å². The number of rotatable bonds is 4. The second kappa shape index (κ2) is 8.54. The van der Waals surface area contributed by atoms with Gasteiger partial charge in [0.25, 0.3) is 0 Å². The topological polar surface area (TPSA) is 66.0 Å². The summed E-state index contributed by atoms with van der Waals surface area (Å²) in [7, 11) is 4.04. The summed E-state index contributed by atoms with van der Waals surface area (Å²) in [6, 6.07) is 12.6. The molecule has 27 heavy (non-hydrogen) atoms. The van der Waals surface area contributed by atoms with Gasteiger partial charge >= 0.3 is 0 Å². The van der Waals surface area contributed by atoms with Crippen LogP contribution in [0.4, 0.5) is 10.1 Å². The van der Waals surface area contributed by atoms with E-state index in [0.29, 0.717) is 0 Å². The van der Waals surface area contributed by atoms with Gasteiger partial charge in [-0.05, 0) is 51.4 Å². The summed E-state index contributed by atoms with van der Waals surface area (Å²) in [6.45, 7) is 2.84. The maximum atomic E-state index is 13.8. The number of aryl methyl sites for hydroxylation is 1. The van der Waals surface area contributed by atoms with Crippen LogP contribution >= 0.6 is 11.8 Å². The van der Waals surface area contributed by atoms with Gasteiger partial charge in [0.15, 0.2) is 0 Å². The maximum absolute atomic E-state index is 13.8. The highest BCUT2D eigenvalue weighted by molar-refractivity contribution is 7.99. The number of nitrogens with one attached hydrogen (secondary N) is 1. The Morgan fingerprint density at radius 2 is 2.00 bits per heavy atom. The molecular weight excluding hydrogens is 361 g/mol. The van der Waals surface area contributed by atoms with E-state index < -0.39 is 0 Å². The Hall–Kier alpha value is -2.38. The van der Waals surface area contributed by atoms with Gasteiger partial charge in [-0.1, -0.05) is 17.7 Å². The molecule has 2 aromatic carbocycles. The molecule has 0 fully saturated rings. The summed E-state index contributed by atoms with van der Waals surface area (Å²) in [4.78, 5) is 7.47. The standard InChI is InChI=1S/C20H24FN5S/c1-13-4-7-16(8-5-13)23-20(22)25-24-19-14(11-26(2)3)12-27-18-9-6-15(21)10-17(18)19/h4-10,14H,11-12H2,1-3H3,(H3,22,23,25)/b24-19+. The van der Waals surface area contributed by atoms with E-state index in [2.05, 4.69) is 20.4 Å². The molecule has 3 N–H and O–H groups in total. The number of hydrazone groups is 1. The molecular formula is C20H24FN5S. The molecule has 1 atom stereocenters. The van der Waals surface area contributed by atoms with Gasteiger partial charge in [0.05, 0.1) is 11.4 Å². The molecule has 0 bridgehead atoms. The molecule has 0 radical (unpaired) electrons. The smallest absolute Gasteiger partial charge is 0.214 e. The lowest BCUT2D eigenvalue weighted by molar-refractivity contribution is 0.382. The molecule has 0 saturated heterocycles. The summed E-state index contributed by atoms with van der Waals surface area (Å²) >= 11 is 1.73. The molecule has 1 aliphatic heterocycles. The number of hydrogen-bond donors (Lipinski definition) is 2. The molecule has 1 heterocycles. The number of aliphatic imine (C=N–C) groups is 1. The quantitative estimate of drug-likeness (QED) is 0.481. The van der Waals surface area contributed by atoms with Crippen molar-refractivity contribution in [2.75, 3.05) is 26.4 Å². The van der Waals surface area contributed by atoms with Crippen LogP contribution < -0.4 is 11.2 Å². The van der Waals surface area contributed by atoms with Crippen LogP contribution in [0.25, 0.3) is 0 Å². The van der Waals surface area contributed by atoms with Crippen molar-refractivity contribution in [3.8, 4) is 0 Å². The zero-order valence-corrected chi connectivity index (χ0v) is 16.6. The number of hydrogen-bond acceptors (Lipinski definition) is 4. The van der Waals surface area contributed by atoms with Crippen molar-refractivity contribution < 1.29 is 4.39 Å². The third kappa shape index (κ3) is 5.08. The lowest BCUT2D eigenvalue weighted by atomic mass is 9.97. The van der Waals surface area contributed by atoms with E-state index in [-0.39, 0.29) is 17.7 Å². The van der Waals surface area contributed by atoms with Gasteiger partial charge in [-0.15, -0.1) is 11.8 Å². The molecule has 7 heteroatoms. The van der Waals surface area contributed by atoms with Crippen LogP contribution in [0.15, 0.2) is 57.5 Å². The Morgan fingerprint density at radius 1 is 1.26 bits per heavy atom. The monoisotopic (exact) mass is 385 g/mol. The van der Waals surface area contributed by atoms with E-state index in [1.54, 1.807) is 17.8 Å². The summed E-state index contributed by atoms with van der Waals surface area (Å²) in [5.74, 6) is 0.978. The van der Waals surface area contributed by atoms with Crippen molar-refractivity contribution in [2.24, 2.45) is 21.7 Å². The lowest BCUT2D eigenvalue weighted by Gasteiger charge is -2.28. The number of benzene rings is 2. The van der Waals surface area contributed by atoms with Crippen molar-refractivity contribution in [1.29, 1.82) is 0 Å². The lowest BCUT2D eigenvalue weighted by Crippen LogP contribution is -2.36. The Kier molecular flexibility index (Phi) is 6.13. The average molecular weight is 386 g/mol. The zero-order chi connectivity index (χ0) is 19.4. The van der Waals surface area contributed by atoms with Crippen LogP contribution in [0.2, 0.25) is 0 Å². The van der Waals surface area contributed by atoms with Crippen molar-refractivity contribution in [3.63, 3.8) is 0 Å². The fourth-order valence-corrected chi connectivity index (χ4v) is 4.08. The molecule has 3 rings (SSSR count). The third-order valence-corrected chi connectivity index (χ3v) is 5.44. The van der Waals surface area contributed by atoms with E-state index in [1.165, 1.54) is 12.1 Å². The highest BCUT2D eigenvalue weighted by atomic mass is 32.2. The van der Waals surface area contributed by atoms with E-state index in [0.717, 1.165) is 39.7 Å². The minimum atomic E-state index is -0.270. The molecule has 0 aliphatic carbocycles.